The van der Waals surface area contributed by atoms with Crippen molar-refractivity contribution in [3.8, 4) is 0 Å². The Kier molecular flexibility index (Phi) is 5.76. The molecule has 0 N–H and O–H groups in total. The van der Waals surface area contributed by atoms with E-state index >= 15 is 0 Å². The first-order valence-corrected chi connectivity index (χ1v) is 9.18. The molecule has 0 aliphatic rings. The minimum Gasteiger partial charge on any atom is -0.223 e. The molecule has 0 amide bonds. The lowest BCUT2D eigenvalue weighted by molar-refractivity contribution is 0.587. The van der Waals surface area contributed by atoms with Crippen LogP contribution in [0.2, 0.25) is 0 Å². The van der Waals surface area contributed by atoms with Crippen LogP contribution in [0.4, 0.5) is 0 Å². The van der Waals surface area contributed by atoms with E-state index in [1.54, 1.807) is 26.0 Å². The molecule has 0 heterocycles. The smallest absolute Gasteiger partial charge is 0.180 e. The molecule has 1 unspecified atom stereocenters. The quantitative estimate of drug-likeness (QED) is 0.498. The molecule has 0 saturated heterocycles. The largest absolute Gasteiger partial charge is 0.223 e. The van der Waals surface area contributed by atoms with E-state index < -0.39 is 9.84 Å². The number of hydrogen-bond acceptors (Lipinski definition) is 5. The highest BCUT2D eigenvalue weighted by molar-refractivity contribution is 8.70. The van der Waals surface area contributed by atoms with Gasteiger partial charge >= 0.3 is 0 Å². The number of sulfone groups is 1. The maximum Gasteiger partial charge on any atom is 0.180 e. The summed E-state index contributed by atoms with van der Waals surface area (Å²) in [6.07, 6.45) is 0.763. The van der Waals surface area contributed by atoms with E-state index in [9.17, 15) is 8.42 Å². The minimum atomic E-state index is -3.17. The molecule has 2 nitrogen and oxygen atoms in total. The van der Waals surface area contributed by atoms with Crippen LogP contribution in [0.15, 0.2) is 29.2 Å². The second-order valence-electron chi connectivity index (χ2n) is 4.00. The van der Waals surface area contributed by atoms with Gasteiger partial charge in [0.05, 0.1) is 14.7 Å². The SMILES string of the molecule is CC(C)S(=O)(=O)c1ccc(CC(S)SS)cc1. The summed E-state index contributed by atoms with van der Waals surface area (Å²) in [6, 6.07) is 6.99. The minimum absolute atomic E-state index is 0.117. The molecular formula is C11H16O2S4. The van der Waals surface area contributed by atoms with Crippen LogP contribution in [0.3, 0.4) is 0 Å². The van der Waals surface area contributed by atoms with Crippen LogP contribution in [-0.4, -0.2) is 18.2 Å². The summed E-state index contributed by atoms with van der Waals surface area (Å²) in [7, 11) is -1.79. The third kappa shape index (κ3) is 4.12. The number of benzene rings is 1. The number of thiol groups is 2. The van der Waals surface area contributed by atoms with E-state index in [-0.39, 0.29) is 9.83 Å². The third-order valence-corrected chi connectivity index (χ3v) is 6.75. The van der Waals surface area contributed by atoms with Gasteiger partial charge in [-0.1, -0.05) is 22.9 Å². The molecule has 1 aromatic rings. The fraction of sp³-hybridized carbons (Fsp3) is 0.455. The van der Waals surface area contributed by atoms with Gasteiger partial charge in [-0.25, -0.2) is 8.42 Å². The van der Waals surface area contributed by atoms with Crippen molar-refractivity contribution in [2.75, 3.05) is 0 Å². The van der Waals surface area contributed by atoms with Gasteiger partial charge in [-0.3, -0.25) is 0 Å². The van der Waals surface area contributed by atoms with Gasteiger partial charge in [0, 0.05) is 0 Å². The van der Waals surface area contributed by atoms with Crippen LogP contribution in [0.1, 0.15) is 19.4 Å². The molecule has 1 aromatic carbocycles. The summed E-state index contributed by atoms with van der Waals surface area (Å²) in [5.74, 6) is 0. The van der Waals surface area contributed by atoms with Gasteiger partial charge in [-0.05, 0) is 38.0 Å². The van der Waals surface area contributed by atoms with Crippen molar-refractivity contribution < 1.29 is 8.42 Å². The van der Waals surface area contributed by atoms with E-state index in [4.69, 9.17) is 0 Å². The van der Waals surface area contributed by atoms with Gasteiger partial charge in [0.2, 0.25) is 0 Å². The normalized spacial score (nSPS) is 13.9. The molecule has 0 aromatic heterocycles. The molecule has 0 radical (unpaired) electrons. The van der Waals surface area contributed by atoms with Crippen molar-refractivity contribution in [2.24, 2.45) is 0 Å². The van der Waals surface area contributed by atoms with Gasteiger partial charge in [-0.15, -0.1) is 11.7 Å². The van der Waals surface area contributed by atoms with Gasteiger partial charge < -0.3 is 0 Å². The summed E-state index contributed by atoms with van der Waals surface area (Å²) in [4.78, 5) is 0.380. The molecule has 1 atom stereocenters. The predicted molar refractivity (Wildman–Crippen MR) is 81.8 cm³/mol. The van der Waals surface area contributed by atoms with E-state index in [0.717, 1.165) is 12.0 Å². The van der Waals surface area contributed by atoms with Crippen molar-refractivity contribution >= 4 is 44.9 Å². The summed E-state index contributed by atoms with van der Waals surface area (Å²) >= 11 is 8.41. The van der Waals surface area contributed by atoms with Crippen LogP contribution in [0.5, 0.6) is 0 Å². The summed E-state index contributed by atoms with van der Waals surface area (Å²) in [5.41, 5.74) is 1.06. The molecule has 96 valence electrons. The van der Waals surface area contributed by atoms with Crippen LogP contribution in [0.25, 0.3) is 0 Å². The Hall–Kier alpha value is 0.220. The maximum atomic E-state index is 11.9. The van der Waals surface area contributed by atoms with E-state index in [0.29, 0.717) is 4.90 Å². The average Bonchev–Trinajstić information content (AvgIpc) is 2.29. The van der Waals surface area contributed by atoms with E-state index in [2.05, 4.69) is 24.3 Å². The maximum absolute atomic E-state index is 11.9. The molecule has 17 heavy (non-hydrogen) atoms. The lowest BCUT2D eigenvalue weighted by Gasteiger charge is -2.10. The van der Waals surface area contributed by atoms with E-state index in [1.165, 1.54) is 10.8 Å². The zero-order valence-electron chi connectivity index (χ0n) is 9.70. The molecule has 0 spiro atoms. The van der Waals surface area contributed by atoms with Gasteiger partial charge in [0.1, 0.15) is 0 Å². The Morgan fingerprint density at radius 2 is 1.76 bits per heavy atom. The molecule has 0 aliphatic heterocycles. The monoisotopic (exact) mass is 308 g/mol. The van der Waals surface area contributed by atoms with Crippen LogP contribution >= 0.6 is 35.1 Å². The topological polar surface area (TPSA) is 34.1 Å². The number of hydrogen-bond donors (Lipinski definition) is 2. The number of rotatable bonds is 5. The van der Waals surface area contributed by atoms with Gasteiger partial charge in [0.15, 0.2) is 9.84 Å². The molecule has 0 fully saturated rings. The fourth-order valence-electron chi connectivity index (χ4n) is 1.33. The Bertz CT molecular complexity index is 451. The zero-order valence-corrected chi connectivity index (χ0v) is 13.1. The summed E-state index contributed by atoms with van der Waals surface area (Å²) in [5, 5.41) is -0.390. The highest BCUT2D eigenvalue weighted by Gasteiger charge is 2.18. The first kappa shape index (κ1) is 15.3. The Labute approximate surface area is 118 Å². The summed E-state index contributed by atoms with van der Waals surface area (Å²) < 4.78 is 23.9. The second kappa shape index (κ2) is 6.41. The van der Waals surface area contributed by atoms with Crippen LogP contribution in [0, 0.1) is 0 Å². The van der Waals surface area contributed by atoms with Crippen LogP contribution < -0.4 is 0 Å². The molecule has 1 rings (SSSR count). The Morgan fingerprint density at radius 1 is 1.24 bits per heavy atom. The predicted octanol–water partition coefficient (Wildman–Crippen LogP) is 3.25. The van der Waals surface area contributed by atoms with Crippen molar-refractivity contribution in [2.45, 2.75) is 35.0 Å². The summed E-state index contributed by atoms with van der Waals surface area (Å²) in [6.45, 7) is 3.37. The molecule has 6 heteroatoms. The first-order valence-electron chi connectivity index (χ1n) is 5.19. The van der Waals surface area contributed by atoms with Crippen molar-refractivity contribution in [3.05, 3.63) is 29.8 Å². The molecule has 0 aliphatic carbocycles. The van der Waals surface area contributed by atoms with Crippen LogP contribution in [-0.2, 0) is 16.3 Å². The average molecular weight is 309 g/mol. The molecule has 0 bridgehead atoms. The van der Waals surface area contributed by atoms with E-state index in [1.807, 2.05) is 12.1 Å². The lowest BCUT2D eigenvalue weighted by atomic mass is 10.2. The van der Waals surface area contributed by atoms with Crippen molar-refractivity contribution in [1.82, 2.24) is 0 Å². The first-order chi connectivity index (χ1) is 7.87. The molecular weight excluding hydrogens is 292 g/mol. The van der Waals surface area contributed by atoms with Gasteiger partial charge in [-0.2, -0.15) is 12.6 Å². The van der Waals surface area contributed by atoms with Crippen molar-refractivity contribution in [3.63, 3.8) is 0 Å². The molecule has 0 saturated carbocycles. The highest BCUT2D eigenvalue weighted by atomic mass is 33.1. The second-order valence-corrected chi connectivity index (χ2v) is 8.89. The fourth-order valence-corrected chi connectivity index (χ4v) is 3.09. The standard InChI is InChI=1S/C11H16O2S4/c1-8(2)17(12,13)10-5-3-9(4-6-10)7-11(14)16-15/h3-6,8,11,14-15H,7H2,1-2H3. The zero-order chi connectivity index (χ0) is 13.1. The lowest BCUT2D eigenvalue weighted by Crippen LogP contribution is -2.13. The van der Waals surface area contributed by atoms with Crippen molar-refractivity contribution in [1.29, 1.82) is 0 Å². The third-order valence-electron chi connectivity index (χ3n) is 2.40. The van der Waals surface area contributed by atoms with Gasteiger partial charge in [0.25, 0.3) is 0 Å². The Morgan fingerprint density at radius 3 is 2.18 bits per heavy atom. The highest BCUT2D eigenvalue weighted by Crippen LogP contribution is 2.23. The Balaban J connectivity index is 2.89.